The number of ether oxygens (including phenoxy) is 2. The van der Waals surface area contributed by atoms with Crippen LogP contribution in [0, 0.1) is 0 Å². The van der Waals surface area contributed by atoms with Gasteiger partial charge in [0.1, 0.15) is 11.9 Å². The van der Waals surface area contributed by atoms with Crippen LogP contribution >= 0.6 is 11.6 Å². The molecule has 1 aromatic rings. The Kier molecular flexibility index (Phi) is 6.27. The lowest BCUT2D eigenvalue weighted by molar-refractivity contribution is -0.0498. The number of hydrogen-bond acceptors (Lipinski definition) is 4. The van der Waals surface area contributed by atoms with Gasteiger partial charge >= 0.3 is 6.03 Å². The molecule has 26 heavy (non-hydrogen) atoms. The number of rotatable bonds is 5. The van der Waals surface area contributed by atoms with Crippen molar-refractivity contribution in [1.82, 2.24) is 15.1 Å². The van der Waals surface area contributed by atoms with Crippen molar-refractivity contribution >= 4 is 17.6 Å². The summed E-state index contributed by atoms with van der Waals surface area (Å²) in [4.78, 5) is 16.6. The van der Waals surface area contributed by atoms with Crippen LogP contribution < -0.4 is 10.1 Å². The quantitative estimate of drug-likeness (QED) is 0.851. The van der Waals surface area contributed by atoms with Gasteiger partial charge in [-0.2, -0.15) is 0 Å². The van der Waals surface area contributed by atoms with Crippen LogP contribution in [0.4, 0.5) is 4.79 Å². The van der Waals surface area contributed by atoms with Crippen LogP contribution in [0.1, 0.15) is 20.3 Å². The van der Waals surface area contributed by atoms with Crippen molar-refractivity contribution in [2.75, 3.05) is 45.9 Å². The molecule has 0 aliphatic carbocycles. The fourth-order valence-electron chi connectivity index (χ4n) is 3.44. The molecule has 6 nitrogen and oxygen atoms in total. The summed E-state index contributed by atoms with van der Waals surface area (Å²) in [6, 6.07) is 7.41. The zero-order valence-corrected chi connectivity index (χ0v) is 16.3. The van der Waals surface area contributed by atoms with E-state index < -0.39 is 0 Å². The van der Waals surface area contributed by atoms with Gasteiger partial charge in [0.15, 0.2) is 0 Å². The molecular formula is C19H28ClN3O3. The smallest absolute Gasteiger partial charge is 0.317 e. The summed E-state index contributed by atoms with van der Waals surface area (Å²) in [6.45, 7) is 9.48. The molecule has 0 bridgehead atoms. The predicted molar refractivity (Wildman–Crippen MR) is 102 cm³/mol. The van der Waals surface area contributed by atoms with Gasteiger partial charge in [-0.25, -0.2) is 4.79 Å². The molecular weight excluding hydrogens is 354 g/mol. The summed E-state index contributed by atoms with van der Waals surface area (Å²) < 4.78 is 11.5. The van der Waals surface area contributed by atoms with Crippen molar-refractivity contribution < 1.29 is 14.3 Å². The third kappa shape index (κ3) is 4.81. The highest BCUT2D eigenvalue weighted by molar-refractivity contribution is 6.32. The second kappa shape index (κ2) is 8.46. The summed E-state index contributed by atoms with van der Waals surface area (Å²) >= 11 is 6.14. The predicted octanol–water partition coefficient (Wildman–Crippen LogP) is 2.61. The van der Waals surface area contributed by atoms with E-state index in [4.69, 9.17) is 21.1 Å². The Bertz CT molecular complexity index is 626. The summed E-state index contributed by atoms with van der Waals surface area (Å²) in [5.74, 6) is 0.677. The molecule has 1 unspecified atom stereocenters. The monoisotopic (exact) mass is 381 g/mol. The minimum Gasteiger partial charge on any atom is -0.487 e. The van der Waals surface area contributed by atoms with Crippen molar-refractivity contribution in [3.63, 3.8) is 0 Å². The summed E-state index contributed by atoms with van der Waals surface area (Å²) in [7, 11) is 0. The number of para-hydroxylation sites is 1. The maximum absolute atomic E-state index is 12.4. The normalized spacial score (nSPS) is 23.0. The molecule has 0 radical (unpaired) electrons. The lowest BCUT2D eigenvalue weighted by Crippen LogP contribution is -2.55. The number of halogens is 1. The van der Waals surface area contributed by atoms with Gasteiger partial charge < -0.3 is 19.7 Å². The average molecular weight is 382 g/mol. The van der Waals surface area contributed by atoms with Crippen molar-refractivity contribution in [3.05, 3.63) is 29.3 Å². The summed E-state index contributed by atoms with van der Waals surface area (Å²) in [5, 5.41) is 3.63. The van der Waals surface area contributed by atoms with E-state index in [0.717, 1.165) is 32.7 Å². The highest BCUT2D eigenvalue weighted by Crippen LogP contribution is 2.26. The van der Waals surface area contributed by atoms with Crippen LogP contribution in [-0.4, -0.2) is 73.4 Å². The number of benzene rings is 1. The molecule has 1 aromatic carbocycles. The number of amides is 2. The SMILES string of the molecule is CC1(C)COCCN1CCNC(=O)N1CCC(Oc2ccccc2Cl)C1. The van der Waals surface area contributed by atoms with Crippen molar-refractivity contribution in [2.45, 2.75) is 31.9 Å². The number of carbonyl (C=O) groups is 1. The van der Waals surface area contributed by atoms with Crippen LogP contribution in [-0.2, 0) is 4.74 Å². The molecule has 1 atom stereocenters. The number of carbonyl (C=O) groups excluding carboxylic acids is 1. The Morgan fingerprint density at radius 2 is 2.19 bits per heavy atom. The number of nitrogens with one attached hydrogen (secondary N) is 1. The van der Waals surface area contributed by atoms with E-state index in [1.54, 1.807) is 0 Å². The van der Waals surface area contributed by atoms with E-state index in [1.807, 2.05) is 29.2 Å². The first kappa shape index (κ1) is 19.3. The lowest BCUT2D eigenvalue weighted by Gasteiger charge is -2.42. The summed E-state index contributed by atoms with van der Waals surface area (Å²) in [5.41, 5.74) is 0.0184. The van der Waals surface area contributed by atoms with Crippen LogP contribution in [0.2, 0.25) is 5.02 Å². The number of likely N-dealkylation sites (tertiary alicyclic amines) is 1. The maximum atomic E-state index is 12.4. The molecule has 2 heterocycles. The lowest BCUT2D eigenvalue weighted by atomic mass is 10.0. The third-order valence-electron chi connectivity index (χ3n) is 5.04. The second-order valence-corrected chi connectivity index (χ2v) is 7.90. The Morgan fingerprint density at radius 3 is 2.96 bits per heavy atom. The van der Waals surface area contributed by atoms with Crippen molar-refractivity contribution in [3.8, 4) is 5.75 Å². The number of nitrogens with zero attached hydrogens (tertiary/aromatic N) is 2. The van der Waals surface area contributed by atoms with Gasteiger partial charge in [-0.05, 0) is 26.0 Å². The van der Waals surface area contributed by atoms with E-state index in [1.165, 1.54) is 0 Å². The molecule has 144 valence electrons. The highest BCUT2D eigenvalue weighted by atomic mass is 35.5. The molecule has 2 fully saturated rings. The minimum absolute atomic E-state index is 0.0150. The second-order valence-electron chi connectivity index (χ2n) is 7.49. The zero-order valence-electron chi connectivity index (χ0n) is 15.5. The highest BCUT2D eigenvalue weighted by Gasteiger charge is 2.31. The maximum Gasteiger partial charge on any atom is 0.317 e. The topological polar surface area (TPSA) is 54.0 Å². The van der Waals surface area contributed by atoms with E-state index >= 15 is 0 Å². The van der Waals surface area contributed by atoms with Gasteiger partial charge in [-0.3, -0.25) is 4.90 Å². The van der Waals surface area contributed by atoms with Gasteiger partial charge in [0.05, 0.1) is 24.8 Å². The molecule has 2 aliphatic heterocycles. The van der Waals surface area contributed by atoms with Crippen LogP contribution in [0.25, 0.3) is 0 Å². The van der Waals surface area contributed by atoms with Crippen molar-refractivity contribution in [2.24, 2.45) is 0 Å². The standard InChI is InChI=1S/C19H28ClN3O3/c1-19(2)14-25-12-11-23(19)10-8-21-18(24)22-9-7-15(13-22)26-17-6-4-3-5-16(17)20/h3-6,15H,7-14H2,1-2H3,(H,21,24). The molecule has 0 saturated carbocycles. The third-order valence-corrected chi connectivity index (χ3v) is 5.35. The van der Waals surface area contributed by atoms with Crippen LogP contribution in [0.15, 0.2) is 24.3 Å². The number of urea groups is 1. The van der Waals surface area contributed by atoms with Gasteiger partial charge in [-0.1, -0.05) is 23.7 Å². The van der Waals surface area contributed by atoms with Crippen LogP contribution in [0.3, 0.4) is 0 Å². The van der Waals surface area contributed by atoms with Crippen molar-refractivity contribution in [1.29, 1.82) is 0 Å². The Morgan fingerprint density at radius 1 is 1.38 bits per heavy atom. The van der Waals surface area contributed by atoms with E-state index in [9.17, 15) is 4.79 Å². The summed E-state index contributed by atoms with van der Waals surface area (Å²) in [6.07, 6.45) is 0.800. The number of morpholine rings is 1. The van der Waals surface area contributed by atoms with Gasteiger partial charge in [0, 0.05) is 38.1 Å². The molecule has 2 aliphatic rings. The molecule has 2 amide bonds. The number of hydrogen-bond donors (Lipinski definition) is 1. The van der Waals surface area contributed by atoms with Crippen LogP contribution in [0.5, 0.6) is 5.75 Å². The first-order chi connectivity index (χ1) is 12.5. The first-order valence-electron chi connectivity index (χ1n) is 9.22. The molecule has 2 saturated heterocycles. The minimum atomic E-state index is -0.0266. The van der Waals surface area contributed by atoms with Gasteiger partial charge in [0.2, 0.25) is 0 Å². The fraction of sp³-hybridized carbons (Fsp3) is 0.632. The molecule has 7 heteroatoms. The average Bonchev–Trinajstić information content (AvgIpc) is 3.07. The zero-order chi connectivity index (χ0) is 18.6. The Hall–Kier alpha value is -1.50. The largest absolute Gasteiger partial charge is 0.487 e. The van der Waals surface area contributed by atoms with E-state index in [2.05, 4.69) is 24.1 Å². The molecule has 0 aromatic heterocycles. The van der Waals surface area contributed by atoms with E-state index in [0.29, 0.717) is 30.4 Å². The fourth-order valence-corrected chi connectivity index (χ4v) is 3.62. The molecule has 1 N–H and O–H groups in total. The molecule has 0 spiro atoms. The van der Waals surface area contributed by atoms with Gasteiger partial charge in [0.25, 0.3) is 0 Å². The Balaban J connectivity index is 1.41. The van der Waals surface area contributed by atoms with Gasteiger partial charge in [-0.15, -0.1) is 0 Å². The Labute approximate surface area is 160 Å². The first-order valence-corrected chi connectivity index (χ1v) is 9.60. The van der Waals surface area contributed by atoms with E-state index in [-0.39, 0.29) is 17.7 Å². The molecule has 3 rings (SSSR count).